The van der Waals surface area contributed by atoms with E-state index in [1.165, 1.54) is 50.4 Å². The molecule has 4 fully saturated rings. The van der Waals surface area contributed by atoms with Gasteiger partial charge in [0.05, 0.1) is 0 Å². The van der Waals surface area contributed by atoms with Crippen LogP contribution in [0, 0.1) is 37.7 Å². The summed E-state index contributed by atoms with van der Waals surface area (Å²) in [5, 5.41) is 0. The maximum Gasteiger partial charge on any atom is 0.358 e. The third kappa shape index (κ3) is 6.77. The van der Waals surface area contributed by atoms with Crippen molar-refractivity contribution in [3.63, 3.8) is 0 Å². The SMILES string of the molecule is CCC1(OC(=O)COc2ccc(COc3ccc([I+]c4ccc(C(C)(C)C)cc4)c(C)c3)cc2)C2CC3CC(C2)CC1C3. The molecule has 4 saturated carbocycles. The van der Waals surface area contributed by atoms with Gasteiger partial charge in [-0.15, -0.1) is 0 Å². The lowest BCUT2D eigenvalue weighted by Gasteiger charge is -2.60. The number of rotatable bonds is 10. The van der Waals surface area contributed by atoms with Gasteiger partial charge in [-0.05, 0) is 128 Å². The summed E-state index contributed by atoms with van der Waals surface area (Å²) in [5.74, 6) is 4.10. The van der Waals surface area contributed by atoms with Crippen molar-refractivity contribution in [2.75, 3.05) is 6.61 Å². The van der Waals surface area contributed by atoms with Gasteiger partial charge in [-0.2, -0.15) is 0 Å². The molecule has 3 aromatic carbocycles. The Morgan fingerprint density at radius 2 is 1.47 bits per heavy atom. The molecule has 0 amide bonds. The van der Waals surface area contributed by atoms with E-state index in [1.54, 1.807) is 0 Å². The molecule has 0 radical (unpaired) electrons. The van der Waals surface area contributed by atoms with Gasteiger partial charge in [0.2, 0.25) is 0 Å². The lowest BCUT2D eigenvalue weighted by molar-refractivity contribution is -0.598. The van der Waals surface area contributed by atoms with Gasteiger partial charge in [0.15, 0.2) is 13.7 Å². The van der Waals surface area contributed by atoms with Crippen LogP contribution in [0.25, 0.3) is 0 Å². The summed E-state index contributed by atoms with van der Waals surface area (Å²) in [6.07, 6.45) is 7.24. The summed E-state index contributed by atoms with van der Waals surface area (Å²) >= 11 is -0.237. The van der Waals surface area contributed by atoms with Crippen molar-refractivity contribution in [2.45, 2.75) is 90.8 Å². The Bertz CT molecular complexity index is 1390. The van der Waals surface area contributed by atoms with Crippen molar-refractivity contribution in [2.24, 2.45) is 23.7 Å². The van der Waals surface area contributed by atoms with Crippen molar-refractivity contribution < 1.29 is 40.2 Å². The third-order valence-electron chi connectivity index (χ3n) is 10.1. The number of hydrogen-bond donors (Lipinski definition) is 0. The van der Waals surface area contributed by atoms with Gasteiger partial charge in [0, 0.05) is 5.56 Å². The average molecular weight is 694 g/mol. The Morgan fingerprint density at radius 3 is 2.05 bits per heavy atom. The van der Waals surface area contributed by atoms with E-state index in [9.17, 15) is 4.79 Å². The fraction of sp³-hybridized carbons (Fsp3) is 0.500. The Morgan fingerprint density at radius 1 is 0.837 bits per heavy atom. The highest BCUT2D eigenvalue weighted by atomic mass is 127. The van der Waals surface area contributed by atoms with Crippen LogP contribution in [0.1, 0.15) is 82.9 Å². The van der Waals surface area contributed by atoms with Crippen LogP contribution in [0.15, 0.2) is 66.7 Å². The summed E-state index contributed by atoms with van der Waals surface area (Å²) in [6.45, 7) is 11.6. The fourth-order valence-corrected chi connectivity index (χ4v) is 10.3. The number of hydrogen-bond acceptors (Lipinski definition) is 4. The van der Waals surface area contributed by atoms with Crippen molar-refractivity contribution in [1.29, 1.82) is 0 Å². The minimum absolute atomic E-state index is 0.0428. The number of carbonyl (C=O) groups excluding carboxylic acids is 1. The molecule has 7 rings (SSSR count). The van der Waals surface area contributed by atoms with E-state index in [4.69, 9.17) is 14.2 Å². The molecule has 0 aromatic heterocycles. The van der Waals surface area contributed by atoms with Crippen LogP contribution in [0.3, 0.4) is 0 Å². The van der Waals surface area contributed by atoms with Crippen molar-refractivity contribution in [3.8, 4) is 11.5 Å². The van der Waals surface area contributed by atoms with E-state index < -0.39 is 0 Å². The van der Waals surface area contributed by atoms with Crippen LogP contribution in [-0.4, -0.2) is 18.2 Å². The summed E-state index contributed by atoms with van der Waals surface area (Å²) < 4.78 is 21.1. The third-order valence-corrected chi connectivity index (χ3v) is 13.2. The highest BCUT2D eigenvalue weighted by Crippen LogP contribution is 2.60. The first-order chi connectivity index (χ1) is 20.6. The molecule has 0 spiro atoms. The summed E-state index contributed by atoms with van der Waals surface area (Å²) in [5.41, 5.74) is 3.62. The van der Waals surface area contributed by atoms with E-state index in [2.05, 4.69) is 77.1 Å². The van der Waals surface area contributed by atoms with Gasteiger partial charge in [0.25, 0.3) is 0 Å². The second kappa shape index (κ2) is 12.5. The number of benzene rings is 3. The van der Waals surface area contributed by atoms with Gasteiger partial charge in [-0.3, -0.25) is 0 Å². The molecule has 5 heteroatoms. The largest absolute Gasteiger partial charge is 0.489 e. The van der Waals surface area contributed by atoms with Crippen LogP contribution in [0.5, 0.6) is 11.5 Å². The van der Waals surface area contributed by atoms with Crippen LogP contribution >= 0.6 is 0 Å². The lowest BCUT2D eigenvalue weighted by Crippen LogP contribution is -3.61. The molecule has 0 heterocycles. The van der Waals surface area contributed by atoms with Gasteiger partial charge in [-0.25, -0.2) is 4.79 Å². The summed E-state index contributed by atoms with van der Waals surface area (Å²) in [4.78, 5) is 12.9. The van der Waals surface area contributed by atoms with Gasteiger partial charge < -0.3 is 14.2 Å². The van der Waals surface area contributed by atoms with E-state index in [0.29, 0.717) is 24.2 Å². The molecule has 4 bridgehead atoms. The number of aryl methyl sites for hydroxylation is 1. The molecule has 0 saturated heterocycles. The minimum atomic E-state index is -0.273. The van der Waals surface area contributed by atoms with Crippen molar-refractivity contribution in [1.82, 2.24) is 0 Å². The van der Waals surface area contributed by atoms with Gasteiger partial charge >= 0.3 is 27.2 Å². The molecule has 43 heavy (non-hydrogen) atoms. The molecule has 0 unspecified atom stereocenters. The number of carbonyl (C=O) groups is 1. The smallest absolute Gasteiger partial charge is 0.358 e. The molecule has 0 N–H and O–H groups in total. The van der Waals surface area contributed by atoms with Crippen molar-refractivity contribution in [3.05, 3.63) is 90.6 Å². The first kappa shape index (κ1) is 30.5. The Kier molecular flexibility index (Phi) is 8.83. The normalized spacial score (nSPS) is 25.9. The number of ether oxygens (including phenoxy) is 3. The molecular weight excluding hydrogens is 647 g/mol. The van der Waals surface area contributed by atoms with Gasteiger partial charge in [0.1, 0.15) is 23.7 Å². The van der Waals surface area contributed by atoms with E-state index >= 15 is 0 Å². The topological polar surface area (TPSA) is 44.8 Å². The first-order valence-corrected chi connectivity index (χ1v) is 18.2. The highest BCUT2D eigenvalue weighted by molar-refractivity contribution is 5.71. The Labute approximate surface area is 268 Å². The second-order valence-electron chi connectivity index (χ2n) is 14.1. The molecule has 3 aromatic rings. The zero-order valence-corrected chi connectivity index (χ0v) is 28.5. The molecule has 0 atom stereocenters. The first-order valence-electron chi connectivity index (χ1n) is 16.0. The van der Waals surface area contributed by atoms with Crippen LogP contribution in [-0.2, 0) is 21.6 Å². The standard InChI is InChI=1S/C38H46IO4/c1-6-38(30-19-27-18-28(21-30)22-31(38)20-27)43-36(40)24-42-33-13-7-26(8-14-33)23-41-34-15-16-35(25(2)17-34)39-32-11-9-29(10-12-32)37(3,4)5/h7-17,27-28,30-31H,6,18-24H2,1-5H3/q+1. The predicted octanol–water partition coefficient (Wildman–Crippen LogP) is 5.53. The van der Waals surface area contributed by atoms with Crippen molar-refractivity contribution >= 4 is 5.97 Å². The average Bonchev–Trinajstić information content (AvgIpc) is 2.98. The van der Waals surface area contributed by atoms with E-state index in [1.807, 2.05) is 24.3 Å². The minimum Gasteiger partial charge on any atom is -0.489 e. The second-order valence-corrected chi connectivity index (χ2v) is 17.0. The monoisotopic (exact) mass is 693 g/mol. The van der Waals surface area contributed by atoms with Crippen LogP contribution < -0.4 is 30.7 Å². The molecule has 4 aliphatic rings. The zero-order chi connectivity index (χ0) is 30.2. The predicted molar refractivity (Wildman–Crippen MR) is 166 cm³/mol. The zero-order valence-electron chi connectivity index (χ0n) is 26.3. The molecule has 4 nitrogen and oxygen atoms in total. The van der Waals surface area contributed by atoms with Crippen LogP contribution in [0.2, 0.25) is 0 Å². The summed E-state index contributed by atoms with van der Waals surface area (Å²) in [7, 11) is 0. The molecule has 0 aliphatic heterocycles. The number of esters is 1. The quantitative estimate of drug-likeness (QED) is 0.207. The Hall–Kier alpha value is -2.54. The highest BCUT2D eigenvalue weighted by Gasteiger charge is 2.58. The fourth-order valence-electron chi connectivity index (χ4n) is 7.97. The Balaban J connectivity index is 0.977. The maximum absolute atomic E-state index is 12.9. The molecule has 4 aliphatic carbocycles. The number of halogens is 1. The van der Waals surface area contributed by atoms with E-state index in [-0.39, 0.29) is 44.8 Å². The molecular formula is C38H46IO4+. The summed E-state index contributed by atoms with van der Waals surface area (Å²) in [6, 6.07) is 23.4. The lowest BCUT2D eigenvalue weighted by atomic mass is 9.49. The van der Waals surface area contributed by atoms with E-state index in [0.717, 1.165) is 29.6 Å². The van der Waals surface area contributed by atoms with Gasteiger partial charge in [-0.1, -0.05) is 52.0 Å². The maximum atomic E-state index is 12.9. The molecule has 228 valence electrons. The van der Waals surface area contributed by atoms with Crippen LogP contribution in [0.4, 0.5) is 0 Å².